The molecule has 0 N–H and O–H groups in total. The Bertz CT molecular complexity index is 897. The van der Waals surface area contributed by atoms with Crippen LogP contribution in [-0.4, -0.2) is 69.3 Å². The fraction of sp³-hybridized carbons (Fsp3) is 0.435. The standard InChI is InChI=1S/C23H28N2O5/c1-16-20(27-2)13-18(14-21(16)28-3)23(26)25-8-6-24(7-9-25)15-17-4-5-19-22(12-17)30-11-10-29-19/h4-5,12-14H,6-11,15H2,1-3H3. The summed E-state index contributed by atoms with van der Waals surface area (Å²) in [6.07, 6.45) is 0. The number of rotatable bonds is 5. The van der Waals surface area contributed by atoms with E-state index in [-0.39, 0.29) is 5.91 Å². The maximum Gasteiger partial charge on any atom is 0.254 e. The van der Waals surface area contributed by atoms with Crippen LogP contribution >= 0.6 is 0 Å². The molecule has 2 aliphatic heterocycles. The van der Waals surface area contributed by atoms with Gasteiger partial charge in [-0.1, -0.05) is 6.07 Å². The van der Waals surface area contributed by atoms with Crippen LogP contribution < -0.4 is 18.9 Å². The molecule has 160 valence electrons. The number of hydrogen-bond donors (Lipinski definition) is 0. The summed E-state index contributed by atoms with van der Waals surface area (Å²) in [7, 11) is 3.21. The molecule has 0 saturated carbocycles. The topological polar surface area (TPSA) is 60.5 Å². The summed E-state index contributed by atoms with van der Waals surface area (Å²) in [5.41, 5.74) is 2.67. The monoisotopic (exact) mass is 412 g/mol. The third-order valence-corrected chi connectivity index (χ3v) is 5.67. The maximum absolute atomic E-state index is 13.0. The van der Waals surface area contributed by atoms with E-state index in [0.29, 0.717) is 43.4 Å². The van der Waals surface area contributed by atoms with Crippen molar-refractivity contribution in [3.05, 3.63) is 47.0 Å². The van der Waals surface area contributed by atoms with Gasteiger partial charge < -0.3 is 23.8 Å². The molecule has 1 amide bonds. The van der Waals surface area contributed by atoms with Gasteiger partial charge in [0.25, 0.3) is 5.91 Å². The van der Waals surface area contributed by atoms with E-state index < -0.39 is 0 Å². The predicted octanol–water partition coefficient (Wildman–Crippen LogP) is 2.74. The molecular weight excluding hydrogens is 384 g/mol. The van der Waals surface area contributed by atoms with Gasteiger partial charge in [-0.05, 0) is 36.8 Å². The largest absolute Gasteiger partial charge is 0.496 e. The highest BCUT2D eigenvalue weighted by atomic mass is 16.6. The van der Waals surface area contributed by atoms with Crippen LogP contribution in [0.3, 0.4) is 0 Å². The molecule has 1 fully saturated rings. The molecule has 30 heavy (non-hydrogen) atoms. The van der Waals surface area contributed by atoms with Crippen LogP contribution in [0.1, 0.15) is 21.5 Å². The molecule has 4 rings (SSSR count). The lowest BCUT2D eigenvalue weighted by molar-refractivity contribution is 0.0627. The average molecular weight is 412 g/mol. The number of hydrogen-bond acceptors (Lipinski definition) is 6. The number of piperazine rings is 1. The van der Waals surface area contributed by atoms with Crippen LogP contribution in [0.25, 0.3) is 0 Å². The molecule has 7 heteroatoms. The summed E-state index contributed by atoms with van der Waals surface area (Å²) < 4.78 is 22.1. The second kappa shape index (κ2) is 8.83. The molecule has 0 unspecified atom stereocenters. The summed E-state index contributed by atoms with van der Waals surface area (Å²) in [4.78, 5) is 17.3. The van der Waals surface area contributed by atoms with Gasteiger partial charge in [-0.3, -0.25) is 9.69 Å². The molecule has 0 aliphatic carbocycles. The van der Waals surface area contributed by atoms with Gasteiger partial charge in [0.2, 0.25) is 0 Å². The highest BCUT2D eigenvalue weighted by Gasteiger charge is 2.24. The van der Waals surface area contributed by atoms with Gasteiger partial charge in [0.15, 0.2) is 11.5 Å². The summed E-state index contributed by atoms with van der Waals surface area (Å²) in [5, 5.41) is 0. The lowest BCUT2D eigenvalue weighted by Crippen LogP contribution is -2.48. The first-order valence-corrected chi connectivity index (χ1v) is 10.2. The molecular formula is C23H28N2O5. The van der Waals surface area contributed by atoms with E-state index in [2.05, 4.69) is 17.0 Å². The second-order valence-electron chi connectivity index (χ2n) is 7.55. The third kappa shape index (κ3) is 4.16. The minimum Gasteiger partial charge on any atom is -0.496 e. The van der Waals surface area contributed by atoms with Crippen molar-refractivity contribution in [2.75, 3.05) is 53.6 Å². The molecule has 0 radical (unpaired) electrons. The Labute approximate surface area is 177 Å². The van der Waals surface area contributed by atoms with Gasteiger partial charge in [0, 0.05) is 43.9 Å². The number of methoxy groups -OCH3 is 2. The van der Waals surface area contributed by atoms with Crippen molar-refractivity contribution in [2.45, 2.75) is 13.5 Å². The summed E-state index contributed by atoms with van der Waals surface area (Å²) in [6.45, 7) is 6.94. The number of nitrogens with zero attached hydrogens (tertiary/aromatic N) is 2. The number of benzene rings is 2. The van der Waals surface area contributed by atoms with Gasteiger partial charge >= 0.3 is 0 Å². The van der Waals surface area contributed by atoms with Crippen LogP contribution in [0.15, 0.2) is 30.3 Å². The molecule has 0 spiro atoms. The maximum atomic E-state index is 13.0. The Kier molecular flexibility index (Phi) is 5.99. The highest BCUT2D eigenvalue weighted by Crippen LogP contribution is 2.32. The van der Waals surface area contributed by atoms with Crippen molar-refractivity contribution in [3.63, 3.8) is 0 Å². The fourth-order valence-electron chi connectivity index (χ4n) is 3.95. The second-order valence-corrected chi connectivity index (χ2v) is 7.55. The van der Waals surface area contributed by atoms with E-state index >= 15 is 0 Å². The molecule has 2 aromatic rings. The number of fused-ring (bicyclic) bond motifs is 1. The smallest absolute Gasteiger partial charge is 0.254 e. The van der Waals surface area contributed by atoms with Crippen molar-refractivity contribution in [1.82, 2.24) is 9.80 Å². The van der Waals surface area contributed by atoms with E-state index in [1.54, 1.807) is 26.4 Å². The van der Waals surface area contributed by atoms with Crippen molar-refractivity contribution in [1.29, 1.82) is 0 Å². The molecule has 1 saturated heterocycles. The molecule has 7 nitrogen and oxygen atoms in total. The van der Waals surface area contributed by atoms with Crippen LogP contribution in [0.4, 0.5) is 0 Å². The third-order valence-electron chi connectivity index (χ3n) is 5.67. The molecule has 2 aromatic carbocycles. The van der Waals surface area contributed by atoms with E-state index in [9.17, 15) is 4.79 Å². The van der Waals surface area contributed by atoms with Crippen LogP contribution in [0.5, 0.6) is 23.0 Å². The first kappa shape index (κ1) is 20.3. The number of carbonyl (C=O) groups is 1. The minimum absolute atomic E-state index is 0.00517. The van der Waals surface area contributed by atoms with Gasteiger partial charge in [-0.15, -0.1) is 0 Å². The SMILES string of the molecule is COc1cc(C(=O)N2CCN(Cc3ccc4c(c3)OCCO4)CC2)cc(OC)c1C. The minimum atomic E-state index is 0.00517. The molecule has 2 aliphatic rings. The Morgan fingerprint density at radius 1 is 0.933 bits per heavy atom. The zero-order chi connectivity index (χ0) is 21.1. The zero-order valence-electron chi connectivity index (χ0n) is 17.8. The molecule has 0 bridgehead atoms. The summed E-state index contributed by atoms with van der Waals surface area (Å²) in [6, 6.07) is 9.69. The number of carbonyl (C=O) groups excluding carboxylic acids is 1. The lowest BCUT2D eigenvalue weighted by Gasteiger charge is -2.35. The quantitative estimate of drug-likeness (QED) is 0.753. The van der Waals surface area contributed by atoms with Crippen molar-refractivity contribution in [2.24, 2.45) is 0 Å². The van der Waals surface area contributed by atoms with Crippen molar-refractivity contribution >= 4 is 5.91 Å². The van der Waals surface area contributed by atoms with E-state index in [1.165, 1.54) is 5.56 Å². The van der Waals surface area contributed by atoms with Gasteiger partial charge in [-0.2, -0.15) is 0 Å². The van der Waals surface area contributed by atoms with Gasteiger partial charge in [0.05, 0.1) is 14.2 Å². The van der Waals surface area contributed by atoms with Crippen LogP contribution in [0.2, 0.25) is 0 Å². The van der Waals surface area contributed by atoms with E-state index in [4.69, 9.17) is 18.9 Å². The highest BCUT2D eigenvalue weighted by molar-refractivity contribution is 5.95. The number of amides is 1. The summed E-state index contributed by atoms with van der Waals surface area (Å²) >= 11 is 0. The average Bonchev–Trinajstić information content (AvgIpc) is 2.79. The van der Waals surface area contributed by atoms with Crippen molar-refractivity contribution < 1.29 is 23.7 Å². The number of ether oxygens (including phenoxy) is 4. The van der Waals surface area contributed by atoms with Crippen LogP contribution in [-0.2, 0) is 6.54 Å². The zero-order valence-corrected chi connectivity index (χ0v) is 17.8. The molecule has 2 heterocycles. The lowest BCUT2D eigenvalue weighted by atomic mass is 10.1. The Morgan fingerprint density at radius 2 is 1.57 bits per heavy atom. The predicted molar refractivity (Wildman–Crippen MR) is 113 cm³/mol. The van der Waals surface area contributed by atoms with Crippen LogP contribution in [0, 0.1) is 6.92 Å². The van der Waals surface area contributed by atoms with E-state index in [0.717, 1.165) is 36.7 Å². The Morgan fingerprint density at radius 3 is 2.20 bits per heavy atom. The van der Waals surface area contributed by atoms with Gasteiger partial charge in [0.1, 0.15) is 24.7 Å². The molecule has 0 aromatic heterocycles. The molecule has 0 atom stereocenters. The van der Waals surface area contributed by atoms with E-state index in [1.807, 2.05) is 17.9 Å². The first-order chi connectivity index (χ1) is 14.6. The van der Waals surface area contributed by atoms with Gasteiger partial charge in [-0.25, -0.2) is 0 Å². The first-order valence-electron chi connectivity index (χ1n) is 10.2. The summed E-state index contributed by atoms with van der Waals surface area (Å²) in [5.74, 6) is 2.95. The normalized spacial score (nSPS) is 16.3. The fourth-order valence-corrected chi connectivity index (χ4v) is 3.95. The van der Waals surface area contributed by atoms with Crippen molar-refractivity contribution in [3.8, 4) is 23.0 Å². The Balaban J connectivity index is 1.38. The Hall–Kier alpha value is -2.93.